The first-order valence-electron chi connectivity index (χ1n) is 7.74. The normalized spacial score (nSPS) is 11.8. The first kappa shape index (κ1) is 17.5. The number of carboxylic acid groups (broad SMARTS) is 1. The van der Waals surface area contributed by atoms with Gasteiger partial charge in [-0.3, -0.25) is 9.59 Å². The number of carbonyl (C=O) groups is 2. The van der Waals surface area contributed by atoms with E-state index in [-0.39, 0.29) is 12.1 Å². The molecule has 2 N–H and O–H groups in total. The summed E-state index contributed by atoms with van der Waals surface area (Å²) in [5, 5.41) is 11.6. The number of nitrogens with zero attached hydrogens (tertiary/aromatic N) is 1. The van der Waals surface area contributed by atoms with E-state index in [0.29, 0.717) is 11.6 Å². The maximum absolute atomic E-state index is 12.1. The van der Waals surface area contributed by atoms with Crippen LogP contribution >= 0.6 is 0 Å². The topological polar surface area (TPSA) is 88.4 Å². The summed E-state index contributed by atoms with van der Waals surface area (Å²) in [6.07, 6.45) is 2.20. The Hall–Kier alpha value is -2.89. The second-order valence-corrected chi connectivity index (χ2v) is 5.67. The molecule has 2 aromatic rings. The summed E-state index contributed by atoms with van der Waals surface area (Å²) in [7, 11) is 0. The lowest BCUT2D eigenvalue weighted by molar-refractivity contribution is -0.116. The van der Waals surface area contributed by atoms with Gasteiger partial charge in [-0.15, -0.1) is 0 Å². The fraction of sp³-hybridized carbons (Fsp3) is 0.278. The molecule has 0 saturated heterocycles. The van der Waals surface area contributed by atoms with Crippen molar-refractivity contribution in [2.45, 2.75) is 32.7 Å². The predicted molar refractivity (Wildman–Crippen MR) is 91.4 cm³/mol. The minimum atomic E-state index is -1.15. The fourth-order valence-corrected chi connectivity index (χ4v) is 2.27. The van der Waals surface area contributed by atoms with Gasteiger partial charge in [0.05, 0.1) is 5.56 Å². The molecular formula is C18H20N2O4. The van der Waals surface area contributed by atoms with Crippen molar-refractivity contribution in [3.8, 4) is 0 Å². The number of nitrogens with one attached hydrogen (secondary N) is 1. The van der Waals surface area contributed by atoms with Crippen LogP contribution in [-0.4, -0.2) is 21.6 Å². The molecule has 0 aliphatic carbocycles. The number of amides is 1. The zero-order valence-electron chi connectivity index (χ0n) is 13.7. The summed E-state index contributed by atoms with van der Waals surface area (Å²) in [4.78, 5) is 34.7. The van der Waals surface area contributed by atoms with Crippen molar-refractivity contribution in [3.63, 3.8) is 0 Å². The van der Waals surface area contributed by atoms with Crippen LogP contribution in [0.2, 0.25) is 0 Å². The van der Waals surface area contributed by atoms with Gasteiger partial charge in [0.15, 0.2) is 0 Å². The number of carbonyl (C=O) groups excluding carboxylic acids is 1. The lowest BCUT2D eigenvalue weighted by Crippen LogP contribution is -2.27. The minimum absolute atomic E-state index is 0.0414. The molecule has 0 fully saturated rings. The number of rotatable bonds is 6. The standard InChI is InChI=1S/C18H20N2O4/c1-3-12(2)13-4-7-15(8-5-13)19-16(21)11-20-10-14(18(23)24)6-9-17(20)22/h4-10,12H,3,11H2,1-2H3,(H,19,21)(H,23,24). The molecule has 2 rings (SSSR count). The molecule has 6 nitrogen and oxygen atoms in total. The maximum atomic E-state index is 12.1. The number of carboxylic acids is 1. The van der Waals surface area contributed by atoms with Crippen molar-refractivity contribution < 1.29 is 14.7 Å². The third-order valence-electron chi connectivity index (χ3n) is 3.92. The van der Waals surface area contributed by atoms with Gasteiger partial charge in [0.2, 0.25) is 5.91 Å². The average molecular weight is 328 g/mol. The molecule has 1 unspecified atom stereocenters. The molecule has 0 aliphatic rings. The molecule has 126 valence electrons. The van der Waals surface area contributed by atoms with Crippen LogP contribution in [0.5, 0.6) is 0 Å². The number of hydrogen-bond donors (Lipinski definition) is 2. The molecule has 0 radical (unpaired) electrons. The van der Waals surface area contributed by atoms with Gasteiger partial charge in [0.25, 0.3) is 5.56 Å². The highest BCUT2D eigenvalue weighted by molar-refractivity contribution is 5.91. The van der Waals surface area contributed by atoms with Crippen LogP contribution in [-0.2, 0) is 11.3 Å². The smallest absolute Gasteiger partial charge is 0.337 e. The van der Waals surface area contributed by atoms with E-state index < -0.39 is 17.4 Å². The van der Waals surface area contributed by atoms with Gasteiger partial charge >= 0.3 is 5.97 Å². The molecule has 1 aromatic carbocycles. The lowest BCUT2D eigenvalue weighted by Gasteiger charge is -2.11. The summed E-state index contributed by atoms with van der Waals surface area (Å²) in [6.45, 7) is 4.01. The Morgan fingerprint density at radius 1 is 1.17 bits per heavy atom. The van der Waals surface area contributed by atoms with Gasteiger partial charge in [-0.1, -0.05) is 26.0 Å². The Morgan fingerprint density at radius 3 is 2.42 bits per heavy atom. The molecule has 1 aromatic heterocycles. The third kappa shape index (κ3) is 4.32. The lowest BCUT2D eigenvalue weighted by atomic mass is 9.99. The summed E-state index contributed by atoms with van der Waals surface area (Å²) in [5.74, 6) is -1.09. The highest BCUT2D eigenvalue weighted by Gasteiger charge is 2.09. The van der Waals surface area contributed by atoms with Crippen molar-refractivity contribution in [2.75, 3.05) is 5.32 Å². The Bertz CT molecular complexity index is 793. The summed E-state index contributed by atoms with van der Waals surface area (Å²) in [6, 6.07) is 9.90. The Kier molecular flexibility index (Phi) is 5.52. The molecular weight excluding hydrogens is 308 g/mol. The molecule has 0 aliphatic heterocycles. The van der Waals surface area contributed by atoms with Crippen molar-refractivity contribution in [2.24, 2.45) is 0 Å². The largest absolute Gasteiger partial charge is 0.478 e. The van der Waals surface area contributed by atoms with E-state index in [2.05, 4.69) is 19.2 Å². The van der Waals surface area contributed by atoms with Gasteiger partial charge in [-0.05, 0) is 36.1 Å². The van der Waals surface area contributed by atoms with Crippen molar-refractivity contribution in [3.05, 3.63) is 64.1 Å². The molecule has 24 heavy (non-hydrogen) atoms. The third-order valence-corrected chi connectivity index (χ3v) is 3.92. The molecule has 0 saturated carbocycles. The average Bonchev–Trinajstić information content (AvgIpc) is 2.56. The number of aromatic nitrogens is 1. The number of hydrogen-bond acceptors (Lipinski definition) is 3. The zero-order valence-corrected chi connectivity index (χ0v) is 13.7. The van der Waals surface area contributed by atoms with E-state index in [9.17, 15) is 14.4 Å². The van der Waals surface area contributed by atoms with Gasteiger partial charge in [0, 0.05) is 18.0 Å². The van der Waals surface area contributed by atoms with Crippen LogP contribution in [0.15, 0.2) is 47.4 Å². The molecule has 1 amide bonds. The van der Waals surface area contributed by atoms with Gasteiger partial charge in [0.1, 0.15) is 6.54 Å². The molecule has 1 heterocycles. The minimum Gasteiger partial charge on any atom is -0.478 e. The zero-order chi connectivity index (χ0) is 17.7. The van der Waals surface area contributed by atoms with Gasteiger partial charge in [-0.2, -0.15) is 0 Å². The van der Waals surface area contributed by atoms with E-state index >= 15 is 0 Å². The Balaban J connectivity index is 2.07. The number of pyridine rings is 1. The van der Waals surface area contributed by atoms with Crippen molar-refractivity contribution in [1.29, 1.82) is 0 Å². The fourth-order valence-electron chi connectivity index (χ4n) is 2.27. The summed E-state index contributed by atoms with van der Waals surface area (Å²) < 4.78 is 1.08. The Labute approximate surface area is 139 Å². The molecule has 1 atom stereocenters. The number of aromatic carboxylic acids is 1. The second-order valence-electron chi connectivity index (χ2n) is 5.67. The first-order chi connectivity index (χ1) is 11.4. The monoisotopic (exact) mass is 328 g/mol. The maximum Gasteiger partial charge on any atom is 0.337 e. The highest BCUT2D eigenvalue weighted by atomic mass is 16.4. The van der Waals surface area contributed by atoms with E-state index in [1.165, 1.54) is 11.6 Å². The van der Waals surface area contributed by atoms with Crippen LogP contribution in [0.25, 0.3) is 0 Å². The van der Waals surface area contributed by atoms with Gasteiger partial charge in [-0.25, -0.2) is 4.79 Å². The second kappa shape index (κ2) is 7.59. The SMILES string of the molecule is CCC(C)c1ccc(NC(=O)Cn2cc(C(=O)O)ccc2=O)cc1. The molecule has 0 bridgehead atoms. The highest BCUT2D eigenvalue weighted by Crippen LogP contribution is 2.20. The summed E-state index contributed by atoms with van der Waals surface area (Å²) in [5.41, 5.74) is 1.36. The van der Waals surface area contributed by atoms with Crippen molar-refractivity contribution in [1.82, 2.24) is 4.57 Å². The first-order valence-corrected chi connectivity index (χ1v) is 7.74. The van der Waals surface area contributed by atoms with E-state index in [4.69, 9.17) is 5.11 Å². The van der Waals surface area contributed by atoms with Gasteiger partial charge < -0.3 is 15.0 Å². The van der Waals surface area contributed by atoms with E-state index in [1.807, 2.05) is 24.3 Å². The van der Waals surface area contributed by atoms with E-state index in [0.717, 1.165) is 23.3 Å². The summed E-state index contributed by atoms with van der Waals surface area (Å²) >= 11 is 0. The van der Waals surface area contributed by atoms with Crippen LogP contribution in [0.4, 0.5) is 5.69 Å². The quantitative estimate of drug-likeness (QED) is 0.853. The van der Waals surface area contributed by atoms with Crippen molar-refractivity contribution >= 4 is 17.6 Å². The van der Waals surface area contributed by atoms with Crippen LogP contribution in [0.1, 0.15) is 42.1 Å². The molecule has 0 spiro atoms. The van der Waals surface area contributed by atoms with Crippen LogP contribution < -0.4 is 10.9 Å². The number of benzene rings is 1. The van der Waals surface area contributed by atoms with E-state index in [1.54, 1.807) is 0 Å². The Morgan fingerprint density at radius 2 is 1.83 bits per heavy atom. The van der Waals surface area contributed by atoms with Crippen LogP contribution in [0.3, 0.4) is 0 Å². The number of anilines is 1. The van der Waals surface area contributed by atoms with Crippen LogP contribution in [0, 0.1) is 0 Å². The molecule has 6 heteroatoms. The predicted octanol–water partition coefficient (Wildman–Crippen LogP) is 2.70.